The van der Waals surface area contributed by atoms with Crippen LogP contribution in [0.5, 0.6) is 0 Å². The van der Waals surface area contributed by atoms with Crippen LogP contribution in [0.25, 0.3) is 0 Å². The van der Waals surface area contributed by atoms with Crippen molar-refractivity contribution in [2.45, 2.75) is 47.0 Å². The summed E-state index contributed by atoms with van der Waals surface area (Å²) < 4.78 is 0. The van der Waals surface area contributed by atoms with E-state index in [4.69, 9.17) is 5.73 Å². The molecule has 15 heavy (non-hydrogen) atoms. The van der Waals surface area contributed by atoms with E-state index in [1.807, 2.05) is 0 Å². The van der Waals surface area contributed by atoms with Gasteiger partial charge in [0.15, 0.2) is 0 Å². The minimum Gasteiger partial charge on any atom is -0.356 e. The van der Waals surface area contributed by atoms with Crippen LogP contribution >= 0.6 is 0 Å². The quantitative estimate of drug-likeness (QED) is 0.709. The molecule has 0 aliphatic carbocycles. The van der Waals surface area contributed by atoms with Crippen LogP contribution in [0.4, 0.5) is 0 Å². The highest BCUT2D eigenvalue weighted by Gasteiger charge is 2.16. The van der Waals surface area contributed by atoms with E-state index in [9.17, 15) is 4.79 Å². The standard InChI is InChI=1S/C12H26N2O/c1-5-10(6-7-13)9-14-11(15)8-12(2,3)4/h10H,5-9,13H2,1-4H3,(H,14,15). The van der Waals surface area contributed by atoms with Gasteiger partial charge in [0, 0.05) is 13.0 Å². The van der Waals surface area contributed by atoms with Crippen molar-refractivity contribution in [3.8, 4) is 0 Å². The zero-order valence-electron chi connectivity index (χ0n) is 10.6. The van der Waals surface area contributed by atoms with Gasteiger partial charge in [0.1, 0.15) is 0 Å². The Morgan fingerprint density at radius 1 is 1.40 bits per heavy atom. The van der Waals surface area contributed by atoms with Crippen LogP contribution < -0.4 is 11.1 Å². The lowest BCUT2D eigenvalue weighted by Gasteiger charge is -2.19. The van der Waals surface area contributed by atoms with Crippen molar-refractivity contribution in [1.82, 2.24) is 5.32 Å². The smallest absolute Gasteiger partial charge is 0.220 e. The first kappa shape index (κ1) is 14.4. The maximum Gasteiger partial charge on any atom is 0.220 e. The molecule has 0 rings (SSSR count). The maximum atomic E-state index is 11.5. The summed E-state index contributed by atoms with van der Waals surface area (Å²) in [6, 6.07) is 0. The Hall–Kier alpha value is -0.570. The topological polar surface area (TPSA) is 55.1 Å². The summed E-state index contributed by atoms with van der Waals surface area (Å²) in [4.78, 5) is 11.5. The van der Waals surface area contributed by atoms with Crippen molar-refractivity contribution in [1.29, 1.82) is 0 Å². The van der Waals surface area contributed by atoms with E-state index in [-0.39, 0.29) is 11.3 Å². The van der Waals surface area contributed by atoms with Gasteiger partial charge in [-0.2, -0.15) is 0 Å². The van der Waals surface area contributed by atoms with Crippen LogP contribution in [0.1, 0.15) is 47.0 Å². The highest BCUT2D eigenvalue weighted by Crippen LogP contribution is 2.17. The summed E-state index contributed by atoms with van der Waals surface area (Å²) in [5.41, 5.74) is 5.57. The van der Waals surface area contributed by atoms with Crippen LogP contribution in [-0.2, 0) is 4.79 Å². The lowest BCUT2D eigenvalue weighted by atomic mass is 9.92. The van der Waals surface area contributed by atoms with Gasteiger partial charge in [-0.15, -0.1) is 0 Å². The van der Waals surface area contributed by atoms with Crippen LogP contribution in [0.3, 0.4) is 0 Å². The molecule has 0 aromatic carbocycles. The average molecular weight is 214 g/mol. The lowest BCUT2D eigenvalue weighted by Crippen LogP contribution is -2.32. The Kier molecular flexibility index (Phi) is 6.57. The molecule has 0 saturated heterocycles. The summed E-state index contributed by atoms with van der Waals surface area (Å²) >= 11 is 0. The predicted octanol–water partition coefficient (Wildman–Crippen LogP) is 1.91. The number of hydrogen-bond acceptors (Lipinski definition) is 2. The van der Waals surface area contributed by atoms with Crippen molar-refractivity contribution >= 4 is 5.91 Å². The molecule has 0 saturated carbocycles. The van der Waals surface area contributed by atoms with Crippen molar-refractivity contribution in [3.63, 3.8) is 0 Å². The second-order valence-electron chi connectivity index (χ2n) is 5.39. The second-order valence-corrected chi connectivity index (χ2v) is 5.39. The van der Waals surface area contributed by atoms with Gasteiger partial charge in [-0.3, -0.25) is 4.79 Å². The second kappa shape index (κ2) is 6.83. The van der Waals surface area contributed by atoms with E-state index in [0.29, 0.717) is 18.9 Å². The Labute approximate surface area is 93.8 Å². The normalized spacial score (nSPS) is 13.7. The molecule has 1 amide bonds. The molecule has 0 aromatic heterocycles. The Morgan fingerprint density at radius 3 is 2.40 bits per heavy atom. The molecule has 0 aromatic rings. The summed E-state index contributed by atoms with van der Waals surface area (Å²) in [7, 11) is 0. The van der Waals surface area contributed by atoms with Gasteiger partial charge in [-0.1, -0.05) is 34.1 Å². The molecule has 3 N–H and O–H groups in total. The Balaban J connectivity index is 3.78. The molecule has 0 aliphatic rings. The summed E-state index contributed by atoms with van der Waals surface area (Å²) in [6.07, 6.45) is 2.66. The van der Waals surface area contributed by atoms with E-state index in [1.54, 1.807) is 0 Å². The fourth-order valence-corrected chi connectivity index (χ4v) is 1.49. The molecule has 0 bridgehead atoms. The van der Waals surface area contributed by atoms with Crippen molar-refractivity contribution in [2.75, 3.05) is 13.1 Å². The number of hydrogen-bond donors (Lipinski definition) is 2. The number of nitrogens with two attached hydrogens (primary N) is 1. The van der Waals surface area contributed by atoms with Crippen molar-refractivity contribution in [3.05, 3.63) is 0 Å². The third-order valence-electron chi connectivity index (χ3n) is 2.43. The average Bonchev–Trinajstić information content (AvgIpc) is 2.09. The lowest BCUT2D eigenvalue weighted by molar-refractivity contribution is -0.123. The van der Waals surface area contributed by atoms with Gasteiger partial charge in [-0.25, -0.2) is 0 Å². The highest BCUT2D eigenvalue weighted by atomic mass is 16.1. The Morgan fingerprint density at radius 2 is 2.00 bits per heavy atom. The predicted molar refractivity (Wildman–Crippen MR) is 64.5 cm³/mol. The Bertz CT molecular complexity index is 185. The number of carbonyl (C=O) groups is 1. The minimum atomic E-state index is 0.0691. The first-order chi connectivity index (χ1) is 6.89. The summed E-state index contributed by atoms with van der Waals surface area (Å²) in [6.45, 7) is 9.82. The third kappa shape index (κ3) is 8.43. The van der Waals surface area contributed by atoms with E-state index < -0.39 is 0 Å². The van der Waals surface area contributed by atoms with Crippen molar-refractivity contribution < 1.29 is 4.79 Å². The first-order valence-corrected chi connectivity index (χ1v) is 5.85. The van der Waals surface area contributed by atoms with E-state index >= 15 is 0 Å². The number of nitrogens with one attached hydrogen (secondary N) is 1. The van der Waals surface area contributed by atoms with Crippen LogP contribution in [-0.4, -0.2) is 19.0 Å². The molecule has 0 aliphatic heterocycles. The minimum absolute atomic E-state index is 0.0691. The van der Waals surface area contributed by atoms with E-state index in [2.05, 4.69) is 33.0 Å². The zero-order valence-corrected chi connectivity index (χ0v) is 10.6. The van der Waals surface area contributed by atoms with Crippen LogP contribution in [0.15, 0.2) is 0 Å². The molecule has 1 unspecified atom stereocenters. The zero-order chi connectivity index (χ0) is 11.9. The first-order valence-electron chi connectivity index (χ1n) is 5.85. The molecule has 3 heteroatoms. The van der Waals surface area contributed by atoms with Crippen molar-refractivity contribution in [2.24, 2.45) is 17.1 Å². The molecule has 1 atom stereocenters. The van der Waals surface area contributed by atoms with Gasteiger partial charge < -0.3 is 11.1 Å². The number of amides is 1. The number of rotatable bonds is 6. The van der Waals surface area contributed by atoms with Gasteiger partial charge >= 0.3 is 0 Å². The van der Waals surface area contributed by atoms with Gasteiger partial charge in [0.25, 0.3) is 0 Å². The van der Waals surface area contributed by atoms with Gasteiger partial charge in [0.2, 0.25) is 5.91 Å². The maximum absolute atomic E-state index is 11.5. The molecule has 0 heterocycles. The van der Waals surface area contributed by atoms with Gasteiger partial charge in [0.05, 0.1) is 0 Å². The third-order valence-corrected chi connectivity index (χ3v) is 2.43. The fraction of sp³-hybridized carbons (Fsp3) is 0.917. The molecule has 0 spiro atoms. The molecule has 0 fully saturated rings. The SMILES string of the molecule is CCC(CCN)CNC(=O)CC(C)(C)C. The molecular formula is C12H26N2O. The molecular weight excluding hydrogens is 188 g/mol. The molecule has 3 nitrogen and oxygen atoms in total. The molecule has 90 valence electrons. The van der Waals surface area contributed by atoms with Crippen LogP contribution in [0, 0.1) is 11.3 Å². The fourth-order valence-electron chi connectivity index (χ4n) is 1.49. The largest absolute Gasteiger partial charge is 0.356 e. The van der Waals surface area contributed by atoms with Gasteiger partial charge in [-0.05, 0) is 24.3 Å². The van der Waals surface area contributed by atoms with E-state index in [0.717, 1.165) is 19.4 Å². The summed E-state index contributed by atoms with van der Waals surface area (Å²) in [5.74, 6) is 0.678. The van der Waals surface area contributed by atoms with E-state index in [1.165, 1.54) is 0 Å². The number of carbonyl (C=O) groups excluding carboxylic acids is 1. The highest BCUT2D eigenvalue weighted by molar-refractivity contribution is 5.76. The summed E-state index contributed by atoms with van der Waals surface area (Å²) in [5, 5.41) is 2.98. The molecule has 0 radical (unpaired) electrons. The monoisotopic (exact) mass is 214 g/mol. The van der Waals surface area contributed by atoms with Crippen LogP contribution in [0.2, 0.25) is 0 Å².